The highest BCUT2D eigenvalue weighted by atomic mass is 32.1. The van der Waals surface area contributed by atoms with E-state index in [9.17, 15) is 4.79 Å². The molecular weight excluding hydrogens is 242 g/mol. The van der Waals surface area contributed by atoms with Gasteiger partial charge in [-0.2, -0.15) is 5.10 Å². The van der Waals surface area contributed by atoms with Gasteiger partial charge in [-0.3, -0.25) is 9.48 Å². The van der Waals surface area contributed by atoms with Crippen LogP contribution in [0.1, 0.15) is 15.6 Å². The molecule has 2 aromatic rings. The Bertz CT molecular complexity index is 519. The van der Waals surface area contributed by atoms with Gasteiger partial charge >= 0.3 is 0 Å². The summed E-state index contributed by atoms with van der Waals surface area (Å²) < 4.78 is 1.57. The van der Waals surface area contributed by atoms with E-state index in [1.165, 1.54) is 11.3 Å². The molecule has 0 saturated carbocycles. The van der Waals surface area contributed by atoms with Crippen LogP contribution in [0.4, 0.5) is 5.13 Å². The maximum Gasteiger partial charge on any atom is 0.282 e. The number of anilines is 1. The van der Waals surface area contributed by atoms with E-state index in [0.29, 0.717) is 16.0 Å². The van der Waals surface area contributed by atoms with Gasteiger partial charge in [-0.05, 0) is 0 Å². The standard InChI is InChI=1S/C8H11N7OS/c1-9-8-13-12-7(17-8)6(16)10-3-5-11-4-15(2)14-5/h4H,3H2,1-2H3,(H,9,13)(H,10,16). The van der Waals surface area contributed by atoms with Crippen LogP contribution in [0.2, 0.25) is 0 Å². The summed E-state index contributed by atoms with van der Waals surface area (Å²) in [5.41, 5.74) is 0. The van der Waals surface area contributed by atoms with Crippen molar-refractivity contribution in [1.29, 1.82) is 0 Å². The average molecular weight is 253 g/mol. The van der Waals surface area contributed by atoms with Crippen LogP contribution in [0.15, 0.2) is 6.33 Å². The zero-order chi connectivity index (χ0) is 12.3. The van der Waals surface area contributed by atoms with E-state index < -0.39 is 0 Å². The number of nitrogens with zero attached hydrogens (tertiary/aromatic N) is 5. The number of aryl methyl sites for hydroxylation is 1. The molecule has 0 radical (unpaired) electrons. The van der Waals surface area contributed by atoms with Crippen LogP contribution in [0.3, 0.4) is 0 Å². The van der Waals surface area contributed by atoms with Crippen molar-refractivity contribution in [3.05, 3.63) is 17.2 Å². The van der Waals surface area contributed by atoms with E-state index in [-0.39, 0.29) is 12.5 Å². The van der Waals surface area contributed by atoms with Crippen LogP contribution in [-0.2, 0) is 13.6 Å². The third-order valence-corrected chi connectivity index (χ3v) is 2.83. The molecule has 0 bridgehead atoms. The zero-order valence-electron chi connectivity index (χ0n) is 9.34. The van der Waals surface area contributed by atoms with E-state index in [1.54, 1.807) is 25.1 Å². The fraction of sp³-hybridized carbons (Fsp3) is 0.375. The molecule has 2 rings (SSSR count). The van der Waals surface area contributed by atoms with Gasteiger partial charge in [0.05, 0.1) is 6.54 Å². The van der Waals surface area contributed by atoms with E-state index in [0.717, 1.165) is 0 Å². The van der Waals surface area contributed by atoms with Gasteiger partial charge in [0.2, 0.25) is 10.1 Å². The molecule has 0 saturated heterocycles. The number of carbonyl (C=O) groups is 1. The minimum Gasteiger partial charge on any atom is -0.363 e. The van der Waals surface area contributed by atoms with Crippen LogP contribution < -0.4 is 10.6 Å². The van der Waals surface area contributed by atoms with Crippen LogP contribution in [-0.4, -0.2) is 37.9 Å². The van der Waals surface area contributed by atoms with Crippen molar-refractivity contribution in [3.8, 4) is 0 Å². The number of aromatic nitrogens is 5. The molecule has 0 atom stereocenters. The number of rotatable bonds is 4. The van der Waals surface area contributed by atoms with Gasteiger partial charge in [0.1, 0.15) is 6.33 Å². The lowest BCUT2D eigenvalue weighted by atomic mass is 10.5. The molecule has 0 aromatic carbocycles. The second-order valence-corrected chi connectivity index (χ2v) is 4.16. The minimum atomic E-state index is -0.281. The molecular formula is C8H11N7OS. The highest BCUT2D eigenvalue weighted by Gasteiger charge is 2.12. The molecule has 9 heteroatoms. The summed E-state index contributed by atoms with van der Waals surface area (Å²) in [5, 5.41) is 18.0. The molecule has 2 N–H and O–H groups in total. The van der Waals surface area contributed by atoms with E-state index in [2.05, 4.69) is 30.9 Å². The molecule has 2 heterocycles. The molecule has 0 fully saturated rings. The Kier molecular flexibility index (Phi) is 3.28. The predicted molar refractivity (Wildman–Crippen MR) is 61.6 cm³/mol. The molecule has 0 aliphatic rings. The van der Waals surface area contributed by atoms with Crippen molar-refractivity contribution in [1.82, 2.24) is 30.3 Å². The van der Waals surface area contributed by atoms with Crippen molar-refractivity contribution in [2.24, 2.45) is 7.05 Å². The molecule has 17 heavy (non-hydrogen) atoms. The van der Waals surface area contributed by atoms with Gasteiger partial charge in [0, 0.05) is 14.1 Å². The van der Waals surface area contributed by atoms with Crippen molar-refractivity contribution < 1.29 is 4.79 Å². The molecule has 0 unspecified atom stereocenters. The van der Waals surface area contributed by atoms with E-state index in [4.69, 9.17) is 0 Å². The average Bonchev–Trinajstić information content (AvgIpc) is 2.94. The summed E-state index contributed by atoms with van der Waals surface area (Å²) in [6, 6.07) is 0. The Balaban J connectivity index is 1.93. The number of nitrogens with one attached hydrogen (secondary N) is 2. The van der Waals surface area contributed by atoms with Gasteiger partial charge in [0.15, 0.2) is 5.82 Å². The van der Waals surface area contributed by atoms with Gasteiger partial charge < -0.3 is 10.6 Å². The Morgan fingerprint density at radius 1 is 1.53 bits per heavy atom. The highest BCUT2D eigenvalue weighted by Crippen LogP contribution is 2.13. The number of amides is 1. The quantitative estimate of drug-likeness (QED) is 0.772. The van der Waals surface area contributed by atoms with Crippen LogP contribution in [0, 0.1) is 0 Å². The monoisotopic (exact) mass is 253 g/mol. The topological polar surface area (TPSA) is 97.6 Å². The summed E-state index contributed by atoms with van der Waals surface area (Å²) in [6.45, 7) is 0.272. The normalized spacial score (nSPS) is 10.2. The minimum absolute atomic E-state index is 0.272. The first kappa shape index (κ1) is 11.5. The number of hydrogen-bond acceptors (Lipinski definition) is 7. The Hall–Kier alpha value is -2.03. The molecule has 0 spiro atoms. The maximum absolute atomic E-state index is 11.7. The lowest BCUT2D eigenvalue weighted by Crippen LogP contribution is -2.23. The number of hydrogen-bond donors (Lipinski definition) is 2. The van der Waals surface area contributed by atoms with Crippen molar-refractivity contribution in [2.75, 3.05) is 12.4 Å². The molecule has 2 aromatic heterocycles. The summed E-state index contributed by atoms with van der Waals surface area (Å²) >= 11 is 1.19. The SMILES string of the molecule is CNc1nnc(C(=O)NCc2ncn(C)n2)s1. The molecule has 1 amide bonds. The first-order chi connectivity index (χ1) is 8.19. The molecule has 0 aliphatic carbocycles. The second kappa shape index (κ2) is 4.87. The third kappa shape index (κ3) is 2.75. The molecule has 90 valence electrons. The first-order valence-electron chi connectivity index (χ1n) is 4.83. The lowest BCUT2D eigenvalue weighted by Gasteiger charge is -1.97. The van der Waals surface area contributed by atoms with Gasteiger partial charge in [0.25, 0.3) is 5.91 Å². The van der Waals surface area contributed by atoms with Crippen LogP contribution in [0.5, 0.6) is 0 Å². The van der Waals surface area contributed by atoms with Crippen molar-refractivity contribution in [2.45, 2.75) is 6.54 Å². The Morgan fingerprint density at radius 3 is 2.94 bits per heavy atom. The van der Waals surface area contributed by atoms with Crippen molar-refractivity contribution >= 4 is 22.4 Å². The Labute approximate surface area is 101 Å². The van der Waals surface area contributed by atoms with Gasteiger partial charge in [-0.15, -0.1) is 10.2 Å². The van der Waals surface area contributed by atoms with Crippen LogP contribution >= 0.6 is 11.3 Å². The maximum atomic E-state index is 11.7. The van der Waals surface area contributed by atoms with Crippen molar-refractivity contribution in [3.63, 3.8) is 0 Å². The summed E-state index contributed by atoms with van der Waals surface area (Å²) in [5.74, 6) is 0.274. The third-order valence-electron chi connectivity index (χ3n) is 1.89. The number of carbonyl (C=O) groups excluding carboxylic acids is 1. The highest BCUT2D eigenvalue weighted by molar-refractivity contribution is 7.17. The second-order valence-electron chi connectivity index (χ2n) is 3.18. The smallest absolute Gasteiger partial charge is 0.282 e. The van der Waals surface area contributed by atoms with Gasteiger partial charge in [-0.25, -0.2) is 4.98 Å². The van der Waals surface area contributed by atoms with E-state index >= 15 is 0 Å². The zero-order valence-corrected chi connectivity index (χ0v) is 10.2. The van der Waals surface area contributed by atoms with E-state index in [1.807, 2.05) is 0 Å². The summed E-state index contributed by atoms with van der Waals surface area (Å²) in [7, 11) is 3.49. The predicted octanol–water partition coefficient (Wildman–Crippen LogP) is -0.362. The lowest BCUT2D eigenvalue weighted by molar-refractivity contribution is 0.0948. The molecule has 0 aliphatic heterocycles. The Morgan fingerprint density at radius 2 is 2.35 bits per heavy atom. The fourth-order valence-electron chi connectivity index (χ4n) is 1.12. The van der Waals surface area contributed by atoms with Crippen LogP contribution in [0.25, 0.3) is 0 Å². The summed E-state index contributed by atoms with van der Waals surface area (Å²) in [6.07, 6.45) is 1.57. The first-order valence-corrected chi connectivity index (χ1v) is 5.64. The largest absolute Gasteiger partial charge is 0.363 e. The van der Waals surface area contributed by atoms with Gasteiger partial charge in [-0.1, -0.05) is 11.3 Å². The fourth-order valence-corrected chi connectivity index (χ4v) is 1.73. The summed E-state index contributed by atoms with van der Waals surface area (Å²) in [4.78, 5) is 15.7. The molecule has 8 nitrogen and oxygen atoms in total.